The normalized spacial score (nSPS) is 23.2. The molecule has 0 fully saturated rings. The molecular formula is C13H16O2. The number of benzene rings is 1. The number of ether oxygens (including phenoxy) is 1. The fraction of sp³-hybridized carbons (Fsp3) is 0.462. The predicted octanol–water partition coefficient (Wildman–Crippen LogP) is 2.84. The minimum Gasteiger partial charge on any atom is -0.480 e. The van der Waals surface area contributed by atoms with Crippen LogP contribution in [0.3, 0.4) is 0 Å². The second-order valence-corrected chi connectivity index (χ2v) is 4.74. The average molecular weight is 204 g/mol. The third kappa shape index (κ3) is 1.54. The molecule has 0 spiro atoms. The molecule has 1 atom stereocenters. The lowest BCUT2D eigenvalue weighted by atomic mass is 9.84. The van der Waals surface area contributed by atoms with Crippen LogP contribution in [0.2, 0.25) is 0 Å². The molecule has 1 heterocycles. The van der Waals surface area contributed by atoms with Gasteiger partial charge in [0, 0.05) is 11.5 Å². The van der Waals surface area contributed by atoms with E-state index >= 15 is 0 Å². The SMILES string of the molecule is Cc1ccc2c(c1)OC(C)(C)C(=O)C2C. The van der Waals surface area contributed by atoms with Crippen molar-refractivity contribution in [2.75, 3.05) is 0 Å². The third-order valence-electron chi connectivity index (χ3n) is 2.99. The highest BCUT2D eigenvalue weighted by atomic mass is 16.5. The zero-order valence-corrected chi connectivity index (χ0v) is 9.63. The summed E-state index contributed by atoms with van der Waals surface area (Å²) in [7, 11) is 0. The lowest BCUT2D eigenvalue weighted by Crippen LogP contribution is -2.44. The summed E-state index contributed by atoms with van der Waals surface area (Å²) in [6, 6.07) is 6.01. The van der Waals surface area contributed by atoms with Crippen molar-refractivity contribution in [3.63, 3.8) is 0 Å². The molecule has 0 radical (unpaired) electrons. The molecule has 2 nitrogen and oxygen atoms in total. The molecule has 80 valence electrons. The summed E-state index contributed by atoms with van der Waals surface area (Å²) in [5.74, 6) is 0.940. The first-order valence-corrected chi connectivity index (χ1v) is 5.26. The van der Waals surface area contributed by atoms with Crippen LogP contribution in [-0.4, -0.2) is 11.4 Å². The zero-order valence-electron chi connectivity index (χ0n) is 9.63. The van der Waals surface area contributed by atoms with Crippen LogP contribution >= 0.6 is 0 Å². The van der Waals surface area contributed by atoms with Gasteiger partial charge in [0.15, 0.2) is 11.4 Å². The quantitative estimate of drug-likeness (QED) is 0.649. The van der Waals surface area contributed by atoms with Crippen molar-refractivity contribution in [2.45, 2.75) is 39.2 Å². The molecule has 0 aliphatic carbocycles. The van der Waals surface area contributed by atoms with E-state index in [2.05, 4.69) is 0 Å². The Hall–Kier alpha value is -1.31. The Kier molecular flexibility index (Phi) is 2.10. The van der Waals surface area contributed by atoms with E-state index in [1.54, 1.807) is 0 Å². The van der Waals surface area contributed by atoms with Gasteiger partial charge >= 0.3 is 0 Å². The minimum absolute atomic E-state index is 0.0654. The highest BCUT2D eigenvalue weighted by Crippen LogP contribution is 2.38. The van der Waals surface area contributed by atoms with Crippen LogP contribution in [0, 0.1) is 6.92 Å². The molecule has 0 bridgehead atoms. The van der Waals surface area contributed by atoms with Gasteiger partial charge in [-0.3, -0.25) is 4.79 Å². The molecule has 1 aliphatic heterocycles. The Bertz CT molecular complexity index is 419. The van der Waals surface area contributed by atoms with Crippen molar-refractivity contribution in [1.29, 1.82) is 0 Å². The van der Waals surface area contributed by atoms with Crippen molar-refractivity contribution in [2.24, 2.45) is 0 Å². The molecule has 1 aromatic carbocycles. The first-order valence-electron chi connectivity index (χ1n) is 5.26. The number of rotatable bonds is 0. The van der Waals surface area contributed by atoms with E-state index in [4.69, 9.17) is 4.74 Å². The Morgan fingerprint density at radius 2 is 2.00 bits per heavy atom. The Balaban J connectivity index is 2.55. The van der Waals surface area contributed by atoms with Crippen LogP contribution in [0.1, 0.15) is 37.8 Å². The van der Waals surface area contributed by atoms with Crippen molar-refractivity contribution < 1.29 is 9.53 Å². The fourth-order valence-corrected chi connectivity index (χ4v) is 2.08. The Morgan fingerprint density at radius 3 is 2.67 bits per heavy atom. The van der Waals surface area contributed by atoms with E-state index in [1.807, 2.05) is 45.9 Å². The molecule has 0 aromatic heterocycles. The average Bonchev–Trinajstić information content (AvgIpc) is 2.13. The Morgan fingerprint density at radius 1 is 1.33 bits per heavy atom. The zero-order chi connectivity index (χ0) is 11.2. The summed E-state index contributed by atoms with van der Waals surface area (Å²) >= 11 is 0. The van der Waals surface area contributed by atoms with Crippen molar-refractivity contribution >= 4 is 5.78 Å². The van der Waals surface area contributed by atoms with Crippen molar-refractivity contribution in [3.05, 3.63) is 29.3 Å². The lowest BCUT2D eigenvalue weighted by molar-refractivity contribution is -0.134. The van der Waals surface area contributed by atoms with Crippen LogP contribution in [-0.2, 0) is 4.79 Å². The summed E-state index contributed by atoms with van der Waals surface area (Å²) in [6.45, 7) is 7.63. The van der Waals surface area contributed by atoms with Gasteiger partial charge in [0.2, 0.25) is 0 Å². The van der Waals surface area contributed by atoms with Crippen LogP contribution in [0.5, 0.6) is 5.75 Å². The van der Waals surface area contributed by atoms with E-state index < -0.39 is 5.60 Å². The lowest BCUT2D eigenvalue weighted by Gasteiger charge is -2.34. The van der Waals surface area contributed by atoms with E-state index in [0.29, 0.717) is 0 Å². The molecule has 0 amide bonds. The monoisotopic (exact) mass is 204 g/mol. The van der Waals surface area contributed by atoms with Gasteiger partial charge in [-0.25, -0.2) is 0 Å². The molecule has 0 N–H and O–H groups in total. The number of hydrogen-bond acceptors (Lipinski definition) is 2. The molecule has 2 heteroatoms. The number of aryl methyl sites for hydroxylation is 1. The van der Waals surface area contributed by atoms with Gasteiger partial charge in [0.05, 0.1) is 0 Å². The smallest absolute Gasteiger partial charge is 0.183 e. The summed E-state index contributed by atoms with van der Waals surface area (Å²) < 4.78 is 5.73. The van der Waals surface area contributed by atoms with E-state index in [-0.39, 0.29) is 11.7 Å². The second kappa shape index (κ2) is 3.09. The maximum atomic E-state index is 12.0. The van der Waals surface area contributed by atoms with Crippen molar-refractivity contribution in [1.82, 2.24) is 0 Å². The molecule has 2 rings (SSSR count). The van der Waals surface area contributed by atoms with Gasteiger partial charge < -0.3 is 4.74 Å². The highest BCUT2D eigenvalue weighted by Gasteiger charge is 2.39. The van der Waals surface area contributed by atoms with E-state index in [1.165, 1.54) is 0 Å². The van der Waals surface area contributed by atoms with Crippen LogP contribution in [0.25, 0.3) is 0 Å². The van der Waals surface area contributed by atoms with E-state index in [0.717, 1.165) is 16.9 Å². The summed E-state index contributed by atoms with van der Waals surface area (Å²) in [6.07, 6.45) is 0. The number of Topliss-reactive ketones (excluding diaryl/α,β-unsaturated/α-hetero) is 1. The van der Waals surface area contributed by atoms with Gasteiger partial charge in [-0.15, -0.1) is 0 Å². The van der Waals surface area contributed by atoms with Crippen LogP contribution < -0.4 is 4.74 Å². The number of carbonyl (C=O) groups excluding carboxylic acids is 1. The van der Waals surface area contributed by atoms with Crippen LogP contribution in [0.15, 0.2) is 18.2 Å². The first kappa shape index (κ1) is 10.2. The maximum Gasteiger partial charge on any atom is 0.183 e. The number of carbonyl (C=O) groups is 1. The topological polar surface area (TPSA) is 26.3 Å². The summed E-state index contributed by atoms with van der Waals surface area (Å²) in [5.41, 5.74) is 1.47. The second-order valence-electron chi connectivity index (χ2n) is 4.74. The van der Waals surface area contributed by atoms with Crippen LogP contribution in [0.4, 0.5) is 0 Å². The van der Waals surface area contributed by atoms with Gasteiger partial charge in [0.1, 0.15) is 5.75 Å². The van der Waals surface area contributed by atoms with Gasteiger partial charge in [-0.1, -0.05) is 19.1 Å². The molecular weight excluding hydrogens is 188 g/mol. The number of hydrogen-bond donors (Lipinski definition) is 0. The molecule has 0 saturated carbocycles. The number of ketones is 1. The predicted molar refractivity (Wildman–Crippen MR) is 59.3 cm³/mol. The number of fused-ring (bicyclic) bond motifs is 1. The third-order valence-corrected chi connectivity index (χ3v) is 2.99. The molecule has 1 unspecified atom stereocenters. The summed E-state index contributed by atoms with van der Waals surface area (Å²) in [4.78, 5) is 12.0. The van der Waals surface area contributed by atoms with Gasteiger partial charge in [0.25, 0.3) is 0 Å². The Labute approximate surface area is 90.3 Å². The first-order chi connectivity index (χ1) is 6.92. The largest absolute Gasteiger partial charge is 0.480 e. The maximum absolute atomic E-state index is 12.0. The van der Waals surface area contributed by atoms with E-state index in [9.17, 15) is 4.79 Å². The van der Waals surface area contributed by atoms with Gasteiger partial charge in [-0.2, -0.15) is 0 Å². The molecule has 15 heavy (non-hydrogen) atoms. The molecule has 0 saturated heterocycles. The molecule has 1 aliphatic rings. The summed E-state index contributed by atoms with van der Waals surface area (Å²) in [5, 5.41) is 0. The fourth-order valence-electron chi connectivity index (χ4n) is 2.08. The van der Waals surface area contributed by atoms with Crippen molar-refractivity contribution in [3.8, 4) is 5.75 Å². The molecule has 1 aromatic rings. The standard InChI is InChI=1S/C13H16O2/c1-8-5-6-10-9(2)12(14)13(3,4)15-11(10)7-8/h5-7,9H,1-4H3. The van der Waals surface area contributed by atoms with Gasteiger partial charge in [-0.05, 0) is 32.4 Å². The minimum atomic E-state index is -0.694. The highest BCUT2D eigenvalue weighted by molar-refractivity contribution is 5.94.